The molecule has 0 bridgehead atoms. The predicted molar refractivity (Wildman–Crippen MR) is 0 cm³/mol. The van der Waals surface area contributed by atoms with Crippen LogP contribution in [0.4, 0.5) is 0 Å². The van der Waals surface area contributed by atoms with E-state index >= 15 is 0 Å². The zero-order chi connectivity index (χ0) is 0. The standard InChI is InChI=1S/3Cr.Fe. The van der Waals surface area contributed by atoms with Gasteiger partial charge in [-0.2, -0.15) is 0 Å². The fraction of sp³-hybridized carbons (Fsp3) is 0. The minimum absolute atomic E-state index is 0. The van der Waals surface area contributed by atoms with E-state index in [1.54, 1.807) is 0 Å². The van der Waals surface area contributed by atoms with Gasteiger partial charge < -0.3 is 0 Å². The molecule has 26 valence electrons. The first kappa shape index (κ1) is 35.7. The van der Waals surface area contributed by atoms with Crippen LogP contribution in [0.1, 0.15) is 0 Å². The molecule has 0 spiro atoms. The molecule has 0 saturated carbocycles. The first-order chi connectivity index (χ1) is 0. The fourth-order valence-electron chi connectivity index (χ4n) is 0. The molecule has 0 atom stereocenters. The average Bonchev–Trinajstić information content (AvgIpc) is 0. The van der Waals surface area contributed by atoms with E-state index in [1.165, 1.54) is 0 Å². The summed E-state index contributed by atoms with van der Waals surface area (Å²) < 4.78 is 0. The zero-order valence-corrected chi connectivity index (χ0v) is 6.51. The van der Waals surface area contributed by atoms with Gasteiger partial charge in [-0.05, 0) is 0 Å². The summed E-state index contributed by atoms with van der Waals surface area (Å²) in [4.78, 5) is 0. The van der Waals surface area contributed by atoms with Crippen LogP contribution in [0.2, 0.25) is 0 Å². The van der Waals surface area contributed by atoms with Gasteiger partial charge in [0.15, 0.2) is 0 Å². The largest absolute Gasteiger partial charge is 0 e. The predicted octanol–water partition coefficient (Wildman–Crippen LogP) is -0.0100. The van der Waals surface area contributed by atoms with E-state index in [1.807, 2.05) is 0 Å². The second kappa shape index (κ2) is 19.4. The van der Waals surface area contributed by atoms with E-state index in [0.29, 0.717) is 0 Å². The molecule has 0 amide bonds. The SMILES string of the molecule is [Cr].[Cr].[Cr].[Fe]. The van der Waals surface area contributed by atoms with Crippen molar-refractivity contribution in [1.82, 2.24) is 0 Å². The van der Waals surface area contributed by atoms with Gasteiger partial charge in [0, 0.05) is 69.2 Å². The third kappa shape index (κ3) is 8.93. The minimum Gasteiger partial charge on any atom is 0 e. The summed E-state index contributed by atoms with van der Waals surface area (Å²) in [6, 6.07) is 0. The summed E-state index contributed by atoms with van der Waals surface area (Å²) in [6.07, 6.45) is 0. The van der Waals surface area contributed by atoms with Crippen molar-refractivity contribution in [2.24, 2.45) is 0 Å². The van der Waals surface area contributed by atoms with Crippen molar-refractivity contribution in [2.75, 3.05) is 0 Å². The molecule has 0 rings (SSSR count). The van der Waals surface area contributed by atoms with Gasteiger partial charge in [0.25, 0.3) is 0 Å². The molecule has 4 heteroatoms. The fourth-order valence-corrected chi connectivity index (χ4v) is 0. The summed E-state index contributed by atoms with van der Waals surface area (Å²) in [6.45, 7) is 0. The van der Waals surface area contributed by atoms with Crippen LogP contribution in [0.15, 0.2) is 0 Å². The molecule has 0 unspecified atom stereocenters. The van der Waals surface area contributed by atoms with Crippen LogP contribution in [0, 0.1) is 0 Å². The third-order valence-corrected chi connectivity index (χ3v) is 0. The van der Waals surface area contributed by atoms with Crippen LogP contribution in [0.5, 0.6) is 0 Å². The molecular weight excluding hydrogens is 212 g/mol. The number of hydrogen-bond acceptors (Lipinski definition) is 0. The molecule has 0 aliphatic heterocycles. The Hall–Kier alpha value is 2.12. The van der Waals surface area contributed by atoms with Gasteiger partial charge in [0.2, 0.25) is 0 Å². The minimum atomic E-state index is 0. The summed E-state index contributed by atoms with van der Waals surface area (Å²) in [7, 11) is 0. The Morgan fingerprint density at radius 1 is 0.500 bits per heavy atom. The molecule has 4 heavy (non-hydrogen) atoms. The van der Waals surface area contributed by atoms with E-state index in [-0.39, 0.29) is 69.2 Å². The Bertz CT molecular complexity index is 3.25. The van der Waals surface area contributed by atoms with Gasteiger partial charge in [-0.3, -0.25) is 0 Å². The van der Waals surface area contributed by atoms with Crippen molar-refractivity contribution in [3.63, 3.8) is 0 Å². The second-order valence-electron chi connectivity index (χ2n) is 0. The molecule has 0 aromatic carbocycles. The third-order valence-electron chi connectivity index (χ3n) is 0. The van der Waals surface area contributed by atoms with Crippen LogP contribution in [-0.2, 0) is 69.2 Å². The summed E-state index contributed by atoms with van der Waals surface area (Å²) in [5.41, 5.74) is 0. The summed E-state index contributed by atoms with van der Waals surface area (Å²) in [5.74, 6) is 0. The number of hydrogen-bond donors (Lipinski definition) is 0. The van der Waals surface area contributed by atoms with Gasteiger partial charge in [-0.15, -0.1) is 0 Å². The molecule has 0 aromatic rings. The van der Waals surface area contributed by atoms with E-state index in [9.17, 15) is 0 Å². The van der Waals surface area contributed by atoms with Gasteiger partial charge in [0.1, 0.15) is 0 Å². The van der Waals surface area contributed by atoms with Gasteiger partial charge in [0.05, 0.1) is 0 Å². The zero-order valence-electron chi connectivity index (χ0n) is 1.58. The van der Waals surface area contributed by atoms with Gasteiger partial charge in [-0.1, -0.05) is 0 Å². The molecular formula is Cr3Fe. The van der Waals surface area contributed by atoms with Crippen molar-refractivity contribution < 1.29 is 69.2 Å². The van der Waals surface area contributed by atoms with Crippen LogP contribution >= 0.6 is 0 Å². The van der Waals surface area contributed by atoms with Gasteiger partial charge in [-0.25, -0.2) is 0 Å². The molecule has 0 aliphatic carbocycles. The summed E-state index contributed by atoms with van der Waals surface area (Å²) >= 11 is 0. The van der Waals surface area contributed by atoms with Crippen LogP contribution < -0.4 is 0 Å². The van der Waals surface area contributed by atoms with E-state index < -0.39 is 0 Å². The Morgan fingerprint density at radius 2 is 0.500 bits per heavy atom. The topological polar surface area (TPSA) is 0 Å². The molecule has 0 aliphatic rings. The molecule has 0 saturated heterocycles. The van der Waals surface area contributed by atoms with Crippen LogP contribution in [0.25, 0.3) is 0 Å². The Morgan fingerprint density at radius 3 is 0.500 bits per heavy atom. The Kier molecular flexibility index (Phi) is 173. The normalized spacial score (nSPS) is 0. The second-order valence-corrected chi connectivity index (χ2v) is 0. The molecule has 0 heterocycles. The monoisotopic (exact) mass is 212 g/mol. The maximum Gasteiger partial charge on any atom is 0 e. The van der Waals surface area contributed by atoms with Crippen LogP contribution in [0.3, 0.4) is 0 Å². The maximum absolute atomic E-state index is 0. The Labute approximate surface area is 68.6 Å². The van der Waals surface area contributed by atoms with Crippen molar-refractivity contribution >= 4 is 0 Å². The van der Waals surface area contributed by atoms with E-state index in [0.717, 1.165) is 0 Å². The van der Waals surface area contributed by atoms with E-state index in [2.05, 4.69) is 0 Å². The maximum atomic E-state index is 0. The molecule has 0 nitrogen and oxygen atoms in total. The average molecular weight is 212 g/mol. The quantitative estimate of drug-likeness (QED) is 0.495. The van der Waals surface area contributed by atoms with Crippen molar-refractivity contribution in [2.45, 2.75) is 0 Å². The first-order valence-corrected chi connectivity index (χ1v) is 0. The van der Waals surface area contributed by atoms with Crippen molar-refractivity contribution in [1.29, 1.82) is 0 Å². The molecule has 0 N–H and O–H groups in total. The van der Waals surface area contributed by atoms with Crippen LogP contribution in [-0.4, -0.2) is 0 Å². The van der Waals surface area contributed by atoms with Crippen molar-refractivity contribution in [3.05, 3.63) is 0 Å². The Balaban J connectivity index is 0. The molecule has 0 radical (unpaired) electrons. The molecule has 0 aromatic heterocycles. The summed E-state index contributed by atoms with van der Waals surface area (Å²) in [5, 5.41) is 0. The molecule has 0 fully saturated rings. The smallest absolute Gasteiger partial charge is 0 e. The van der Waals surface area contributed by atoms with Crippen molar-refractivity contribution in [3.8, 4) is 0 Å². The van der Waals surface area contributed by atoms with E-state index in [4.69, 9.17) is 0 Å². The van der Waals surface area contributed by atoms with Gasteiger partial charge >= 0.3 is 0 Å². The number of rotatable bonds is 0. The first-order valence-electron chi connectivity index (χ1n) is 0.